The molecule has 0 spiro atoms. The first kappa shape index (κ1) is 11.1. The summed E-state index contributed by atoms with van der Waals surface area (Å²) in [7, 11) is -2.18. The summed E-state index contributed by atoms with van der Waals surface area (Å²) in [5, 5.41) is 0. The molecule has 0 amide bonds. The Morgan fingerprint density at radius 1 is 1.50 bits per heavy atom. The second-order valence-electron chi connectivity index (χ2n) is 3.95. The summed E-state index contributed by atoms with van der Waals surface area (Å²) >= 11 is 12.9. The lowest BCUT2D eigenvalue weighted by atomic mass is 10.4. The molecular formula is C8H18Cl2Si2. The number of halogens is 2. The third-order valence-corrected chi connectivity index (χ3v) is 15.5. The van der Waals surface area contributed by atoms with Gasteiger partial charge < -0.3 is 0 Å². The second kappa shape index (κ2) is 5.03. The maximum absolute atomic E-state index is 6.64. The maximum atomic E-state index is 6.64. The van der Waals surface area contributed by atoms with Crippen LogP contribution in [-0.2, 0) is 0 Å². The standard InChI is InChI=1S/C8H18Cl2Si2/c1-2-3-6-12(10)7-4-5-11(9)8-12/h11H,2-8H2,1H3. The smallest absolute Gasteiger partial charge is 0.154 e. The van der Waals surface area contributed by atoms with Gasteiger partial charge in [0.25, 0.3) is 0 Å². The fourth-order valence-corrected chi connectivity index (χ4v) is 17.0. The van der Waals surface area contributed by atoms with Crippen LogP contribution < -0.4 is 0 Å². The topological polar surface area (TPSA) is 0 Å². The summed E-state index contributed by atoms with van der Waals surface area (Å²) in [5.41, 5.74) is 1.29. The van der Waals surface area contributed by atoms with E-state index in [9.17, 15) is 0 Å². The monoisotopic (exact) mass is 240 g/mol. The van der Waals surface area contributed by atoms with Gasteiger partial charge in [-0.05, 0) is 23.8 Å². The largest absolute Gasteiger partial charge is 0.172 e. The van der Waals surface area contributed by atoms with Gasteiger partial charge in [0.05, 0.1) is 0 Å². The minimum Gasteiger partial charge on any atom is -0.172 e. The van der Waals surface area contributed by atoms with Crippen LogP contribution in [0.25, 0.3) is 0 Å². The third kappa shape index (κ3) is 3.40. The molecule has 0 bridgehead atoms. The van der Waals surface area contributed by atoms with Crippen molar-refractivity contribution in [2.45, 2.75) is 50.0 Å². The Labute approximate surface area is 87.7 Å². The third-order valence-electron chi connectivity index (χ3n) is 2.71. The van der Waals surface area contributed by atoms with Crippen molar-refractivity contribution in [3.8, 4) is 0 Å². The van der Waals surface area contributed by atoms with Gasteiger partial charge in [0.2, 0.25) is 0 Å². The van der Waals surface area contributed by atoms with Crippen LogP contribution in [0.5, 0.6) is 0 Å². The number of hydrogen-bond acceptors (Lipinski definition) is 0. The molecule has 0 aromatic carbocycles. The van der Waals surface area contributed by atoms with Crippen molar-refractivity contribution in [1.29, 1.82) is 0 Å². The molecule has 1 rings (SSSR count). The Hall–Kier alpha value is 1.01. The Kier molecular flexibility index (Phi) is 4.65. The average Bonchev–Trinajstić information content (AvgIpc) is 2.01. The Balaban J connectivity index is 2.35. The zero-order valence-corrected chi connectivity index (χ0v) is 11.4. The van der Waals surface area contributed by atoms with E-state index in [0.29, 0.717) is 0 Å². The Morgan fingerprint density at radius 3 is 2.83 bits per heavy atom. The number of hydrogen-bond donors (Lipinski definition) is 0. The first-order valence-corrected chi connectivity index (χ1v) is 12.0. The predicted molar refractivity (Wildman–Crippen MR) is 63.4 cm³/mol. The predicted octanol–water partition coefficient (Wildman–Crippen LogP) is 3.88. The molecule has 0 radical (unpaired) electrons. The molecule has 0 N–H and O–H groups in total. The van der Waals surface area contributed by atoms with E-state index in [0.717, 1.165) is 0 Å². The minimum atomic E-state index is -1.32. The molecule has 12 heavy (non-hydrogen) atoms. The highest BCUT2D eigenvalue weighted by atomic mass is 35.6. The molecule has 2 atom stereocenters. The zero-order valence-electron chi connectivity index (χ0n) is 7.78. The molecule has 0 aromatic heterocycles. The SMILES string of the molecule is CCCC[Si]1(Cl)CCC[SiH](Cl)C1. The van der Waals surface area contributed by atoms with E-state index in [4.69, 9.17) is 22.2 Å². The molecule has 1 aliphatic heterocycles. The lowest BCUT2D eigenvalue weighted by Gasteiger charge is -2.30. The van der Waals surface area contributed by atoms with Gasteiger partial charge in [-0.2, -0.15) is 22.2 Å². The van der Waals surface area contributed by atoms with E-state index in [1.165, 1.54) is 43.1 Å². The molecule has 0 nitrogen and oxygen atoms in total. The molecule has 1 saturated heterocycles. The maximum Gasteiger partial charge on any atom is 0.154 e. The van der Waals surface area contributed by atoms with Crippen LogP contribution in [0.1, 0.15) is 26.2 Å². The van der Waals surface area contributed by atoms with Crippen LogP contribution in [0.3, 0.4) is 0 Å². The van der Waals surface area contributed by atoms with Crippen molar-refractivity contribution in [2.24, 2.45) is 0 Å². The van der Waals surface area contributed by atoms with Gasteiger partial charge in [0.15, 0.2) is 7.38 Å². The van der Waals surface area contributed by atoms with E-state index in [1.54, 1.807) is 0 Å². The van der Waals surface area contributed by atoms with Gasteiger partial charge in [-0.1, -0.05) is 26.2 Å². The first-order valence-electron chi connectivity index (χ1n) is 4.99. The average molecular weight is 241 g/mol. The highest BCUT2D eigenvalue weighted by molar-refractivity contribution is 7.28. The molecule has 1 heterocycles. The van der Waals surface area contributed by atoms with Gasteiger partial charge in [-0.25, -0.2) is 0 Å². The van der Waals surface area contributed by atoms with Crippen LogP contribution in [-0.4, -0.2) is 15.5 Å². The quantitative estimate of drug-likeness (QED) is 0.519. The zero-order chi connectivity index (χ0) is 9.03. The highest BCUT2D eigenvalue weighted by Crippen LogP contribution is 2.37. The number of unbranched alkanes of at least 4 members (excludes halogenated alkanes) is 1. The molecule has 1 fully saturated rings. The van der Waals surface area contributed by atoms with Gasteiger partial charge in [0.1, 0.15) is 8.11 Å². The van der Waals surface area contributed by atoms with E-state index in [2.05, 4.69) is 6.92 Å². The molecular weight excluding hydrogens is 223 g/mol. The van der Waals surface area contributed by atoms with Gasteiger partial charge in [-0.3, -0.25) is 0 Å². The molecule has 0 aromatic rings. The lowest BCUT2D eigenvalue weighted by Crippen LogP contribution is -2.35. The van der Waals surface area contributed by atoms with Crippen LogP contribution in [0.2, 0.25) is 23.8 Å². The van der Waals surface area contributed by atoms with Crippen LogP contribution in [0, 0.1) is 0 Å². The Morgan fingerprint density at radius 2 is 2.25 bits per heavy atom. The van der Waals surface area contributed by atoms with Crippen LogP contribution in [0.15, 0.2) is 0 Å². The van der Waals surface area contributed by atoms with Crippen molar-refractivity contribution in [3.63, 3.8) is 0 Å². The summed E-state index contributed by atoms with van der Waals surface area (Å²) in [5.74, 6) is 0. The van der Waals surface area contributed by atoms with Crippen molar-refractivity contribution in [1.82, 2.24) is 0 Å². The second-order valence-corrected chi connectivity index (χ2v) is 14.9. The summed E-state index contributed by atoms with van der Waals surface area (Å²) in [6.45, 7) is 2.24. The van der Waals surface area contributed by atoms with E-state index in [-0.39, 0.29) is 0 Å². The molecule has 1 aliphatic rings. The summed E-state index contributed by atoms with van der Waals surface area (Å²) < 4.78 is 0. The first-order chi connectivity index (χ1) is 5.66. The van der Waals surface area contributed by atoms with Crippen molar-refractivity contribution >= 4 is 37.6 Å². The summed E-state index contributed by atoms with van der Waals surface area (Å²) in [6.07, 6.45) is 3.95. The lowest BCUT2D eigenvalue weighted by molar-refractivity contribution is 0.858. The van der Waals surface area contributed by atoms with Gasteiger partial charge >= 0.3 is 0 Å². The Bertz CT molecular complexity index is 143. The molecule has 2 unspecified atom stereocenters. The van der Waals surface area contributed by atoms with Crippen molar-refractivity contribution in [2.75, 3.05) is 0 Å². The van der Waals surface area contributed by atoms with Crippen LogP contribution in [0.4, 0.5) is 0 Å². The van der Waals surface area contributed by atoms with Gasteiger partial charge in [0, 0.05) is 0 Å². The molecule has 72 valence electrons. The molecule has 0 aliphatic carbocycles. The van der Waals surface area contributed by atoms with Crippen LogP contribution >= 0.6 is 22.2 Å². The summed E-state index contributed by atoms with van der Waals surface area (Å²) in [6, 6.07) is 3.99. The van der Waals surface area contributed by atoms with E-state index < -0.39 is 15.5 Å². The highest BCUT2D eigenvalue weighted by Gasteiger charge is 2.36. The van der Waals surface area contributed by atoms with Gasteiger partial charge in [-0.15, -0.1) is 0 Å². The minimum absolute atomic E-state index is 0.860. The fourth-order valence-electron chi connectivity index (χ4n) is 1.96. The van der Waals surface area contributed by atoms with Crippen molar-refractivity contribution < 1.29 is 0 Å². The van der Waals surface area contributed by atoms with Crippen molar-refractivity contribution in [3.05, 3.63) is 0 Å². The van der Waals surface area contributed by atoms with E-state index >= 15 is 0 Å². The molecule has 4 heteroatoms. The van der Waals surface area contributed by atoms with E-state index in [1.807, 2.05) is 0 Å². The normalized spacial score (nSPS) is 36.8. The fraction of sp³-hybridized carbons (Fsp3) is 1.00. The molecule has 0 saturated carbocycles. The summed E-state index contributed by atoms with van der Waals surface area (Å²) in [4.78, 5) is 0. The number of rotatable bonds is 3.